The normalized spacial score (nSPS) is 18.5. The van der Waals surface area contributed by atoms with Gasteiger partial charge in [-0.05, 0) is 12.5 Å². The molecule has 1 atom stereocenters. The average molecular weight is 266 g/mol. The summed E-state index contributed by atoms with van der Waals surface area (Å²) in [6, 6.07) is 8.90. The van der Waals surface area contributed by atoms with E-state index < -0.39 is 0 Å². The van der Waals surface area contributed by atoms with Gasteiger partial charge in [0, 0.05) is 24.7 Å². The molecule has 0 saturated carbocycles. The molecule has 0 amide bonds. The maximum Gasteiger partial charge on any atom is 0.123 e. The van der Waals surface area contributed by atoms with Gasteiger partial charge in [-0.1, -0.05) is 44.0 Å². The molecule has 1 unspecified atom stereocenters. The second-order valence-corrected chi connectivity index (χ2v) is 5.88. The Bertz CT molecular complexity index is 371. The monoisotopic (exact) mass is 266 g/mol. The Kier molecular flexibility index (Phi) is 5.35. The molecule has 3 nitrogen and oxygen atoms in total. The van der Waals surface area contributed by atoms with E-state index in [1.54, 1.807) is 0 Å². The zero-order valence-corrected chi connectivity index (χ0v) is 11.9. The van der Waals surface area contributed by atoms with E-state index in [9.17, 15) is 0 Å². The van der Waals surface area contributed by atoms with Gasteiger partial charge in [-0.15, -0.1) is 0 Å². The molecule has 1 aromatic rings. The molecule has 0 aromatic heterocycles. The number of hydrogen-bond acceptors (Lipinski definition) is 4. The van der Waals surface area contributed by atoms with Gasteiger partial charge in [0.15, 0.2) is 0 Å². The molecule has 0 spiro atoms. The minimum Gasteiger partial charge on any atom is -0.493 e. The average Bonchev–Trinajstić information content (AvgIpc) is 2.38. The first-order valence-corrected chi connectivity index (χ1v) is 7.49. The largest absolute Gasteiger partial charge is 0.493 e. The highest BCUT2D eigenvalue weighted by Gasteiger charge is 2.21. The number of nitrogens with one attached hydrogen (secondary N) is 2. The Hall–Kier alpha value is -0.710. The second-order valence-electron chi connectivity index (χ2n) is 4.78. The summed E-state index contributed by atoms with van der Waals surface area (Å²) in [6.07, 6.45) is 1.08. The van der Waals surface area contributed by atoms with Gasteiger partial charge >= 0.3 is 0 Å². The standard InChI is InChI=1S/C14H22N2OS/c1-11(2)15-8-9-16-18-14-7-10-17-13-6-4-3-5-12(13)14/h3-6,11,14-16H,7-10H2,1-2H3. The lowest BCUT2D eigenvalue weighted by Crippen LogP contribution is -2.30. The van der Waals surface area contributed by atoms with E-state index in [0.717, 1.165) is 31.9 Å². The predicted molar refractivity (Wildman–Crippen MR) is 78.0 cm³/mol. The van der Waals surface area contributed by atoms with E-state index in [0.29, 0.717) is 11.3 Å². The molecule has 0 fully saturated rings. The molecule has 1 aliphatic rings. The maximum atomic E-state index is 5.66. The number of para-hydroxylation sites is 1. The number of ether oxygens (including phenoxy) is 1. The lowest BCUT2D eigenvalue weighted by Gasteiger charge is -2.25. The van der Waals surface area contributed by atoms with Crippen LogP contribution in [0.5, 0.6) is 5.75 Å². The fraction of sp³-hybridized carbons (Fsp3) is 0.571. The molecule has 2 N–H and O–H groups in total. The Morgan fingerprint density at radius 2 is 2.17 bits per heavy atom. The minimum atomic E-state index is 0.508. The molecule has 0 radical (unpaired) electrons. The summed E-state index contributed by atoms with van der Waals surface area (Å²) >= 11 is 1.82. The maximum absolute atomic E-state index is 5.66. The van der Waals surface area contributed by atoms with E-state index in [1.807, 2.05) is 18.0 Å². The van der Waals surface area contributed by atoms with Crippen molar-refractivity contribution in [1.29, 1.82) is 0 Å². The van der Waals surface area contributed by atoms with Crippen molar-refractivity contribution in [1.82, 2.24) is 10.0 Å². The highest BCUT2D eigenvalue weighted by Crippen LogP contribution is 2.39. The van der Waals surface area contributed by atoms with Crippen LogP contribution >= 0.6 is 11.9 Å². The summed E-state index contributed by atoms with van der Waals surface area (Å²) in [5.74, 6) is 1.04. The SMILES string of the molecule is CC(C)NCCNSC1CCOc2ccccc21. The molecule has 18 heavy (non-hydrogen) atoms. The Balaban J connectivity index is 1.77. The number of benzene rings is 1. The van der Waals surface area contributed by atoms with Crippen LogP contribution in [0.3, 0.4) is 0 Å². The zero-order chi connectivity index (χ0) is 12.8. The minimum absolute atomic E-state index is 0.508. The summed E-state index contributed by atoms with van der Waals surface area (Å²) in [6.45, 7) is 7.15. The third-order valence-electron chi connectivity index (χ3n) is 2.91. The molecular weight excluding hydrogens is 244 g/mol. The topological polar surface area (TPSA) is 33.3 Å². The van der Waals surface area contributed by atoms with E-state index in [1.165, 1.54) is 5.56 Å². The lowest BCUT2D eigenvalue weighted by molar-refractivity contribution is 0.286. The van der Waals surface area contributed by atoms with Crippen molar-refractivity contribution in [2.24, 2.45) is 0 Å². The van der Waals surface area contributed by atoms with Gasteiger partial charge in [0.1, 0.15) is 5.75 Å². The number of rotatable bonds is 6. The summed E-state index contributed by atoms with van der Waals surface area (Å²) in [4.78, 5) is 0. The van der Waals surface area contributed by atoms with Crippen LogP contribution in [0.4, 0.5) is 0 Å². The van der Waals surface area contributed by atoms with Crippen LogP contribution < -0.4 is 14.8 Å². The highest BCUT2D eigenvalue weighted by molar-refractivity contribution is 7.97. The Labute approximate surface area is 114 Å². The number of hydrogen-bond donors (Lipinski definition) is 2. The van der Waals surface area contributed by atoms with Gasteiger partial charge in [0.05, 0.1) is 11.9 Å². The molecule has 2 rings (SSSR count). The van der Waals surface area contributed by atoms with Gasteiger partial charge in [0.2, 0.25) is 0 Å². The summed E-state index contributed by atoms with van der Waals surface area (Å²) in [5.41, 5.74) is 1.32. The van der Waals surface area contributed by atoms with Gasteiger partial charge < -0.3 is 10.1 Å². The quantitative estimate of drug-likeness (QED) is 0.613. The van der Waals surface area contributed by atoms with Crippen LogP contribution in [0, 0.1) is 0 Å². The van der Waals surface area contributed by atoms with Gasteiger partial charge in [0.25, 0.3) is 0 Å². The van der Waals surface area contributed by atoms with Crippen molar-refractivity contribution in [2.45, 2.75) is 31.6 Å². The van der Waals surface area contributed by atoms with Crippen LogP contribution in [-0.2, 0) is 0 Å². The summed E-state index contributed by atoms with van der Waals surface area (Å²) in [7, 11) is 0. The van der Waals surface area contributed by atoms with Gasteiger partial charge in [-0.25, -0.2) is 0 Å². The summed E-state index contributed by atoms with van der Waals surface area (Å²) < 4.78 is 9.11. The van der Waals surface area contributed by atoms with Crippen molar-refractivity contribution < 1.29 is 4.74 Å². The van der Waals surface area contributed by atoms with Crippen LogP contribution in [0.2, 0.25) is 0 Å². The van der Waals surface area contributed by atoms with Crippen LogP contribution in [0.15, 0.2) is 24.3 Å². The molecule has 4 heteroatoms. The van der Waals surface area contributed by atoms with E-state index >= 15 is 0 Å². The molecule has 1 heterocycles. The van der Waals surface area contributed by atoms with E-state index in [-0.39, 0.29) is 0 Å². The predicted octanol–water partition coefficient (Wildman–Crippen LogP) is 2.75. The third-order valence-corrected chi connectivity index (χ3v) is 4.05. The van der Waals surface area contributed by atoms with Gasteiger partial charge in [-0.2, -0.15) is 0 Å². The molecule has 100 valence electrons. The van der Waals surface area contributed by atoms with Crippen molar-refractivity contribution in [2.75, 3.05) is 19.7 Å². The first-order chi connectivity index (χ1) is 8.77. The summed E-state index contributed by atoms with van der Waals surface area (Å²) in [5, 5.41) is 3.91. The molecule has 0 bridgehead atoms. The van der Waals surface area contributed by atoms with Crippen molar-refractivity contribution in [3.63, 3.8) is 0 Å². The van der Waals surface area contributed by atoms with Gasteiger partial charge in [-0.3, -0.25) is 4.72 Å². The van der Waals surface area contributed by atoms with Crippen LogP contribution in [0.1, 0.15) is 31.1 Å². The Morgan fingerprint density at radius 1 is 1.33 bits per heavy atom. The lowest BCUT2D eigenvalue weighted by atomic mass is 10.1. The smallest absolute Gasteiger partial charge is 0.123 e. The van der Waals surface area contributed by atoms with Crippen molar-refractivity contribution >= 4 is 11.9 Å². The molecule has 1 aliphatic heterocycles. The van der Waals surface area contributed by atoms with Crippen molar-refractivity contribution in [3.8, 4) is 5.75 Å². The van der Waals surface area contributed by atoms with E-state index in [2.05, 4.69) is 42.1 Å². The second kappa shape index (κ2) is 7.02. The first-order valence-electron chi connectivity index (χ1n) is 6.61. The first kappa shape index (κ1) is 13.7. The number of fused-ring (bicyclic) bond motifs is 1. The fourth-order valence-corrected chi connectivity index (χ4v) is 2.96. The highest BCUT2D eigenvalue weighted by atomic mass is 32.2. The molecular formula is C14H22N2OS. The molecule has 0 aliphatic carbocycles. The van der Waals surface area contributed by atoms with Crippen LogP contribution in [0.25, 0.3) is 0 Å². The molecule has 0 saturated heterocycles. The third kappa shape index (κ3) is 3.90. The zero-order valence-electron chi connectivity index (χ0n) is 11.1. The van der Waals surface area contributed by atoms with Crippen molar-refractivity contribution in [3.05, 3.63) is 29.8 Å². The Morgan fingerprint density at radius 3 is 3.00 bits per heavy atom. The van der Waals surface area contributed by atoms with Crippen LogP contribution in [-0.4, -0.2) is 25.7 Å². The molecule has 1 aromatic carbocycles. The fourth-order valence-electron chi connectivity index (χ4n) is 2.00. The van der Waals surface area contributed by atoms with E-state index in [4.69, 9.17) is 4.74 Å².